The van der Waals surface area contributed by atoms with E-state index in [4.69, 9.17) is 14.2 Å². The van der Waals surface area contributed by atoms with Crippen LogP contribution in [-0.2, 0) is 9.59 Å². The first-order valence-corrected chi connectivity index (χ1v) is 11.1. The molecule has 0 aromatic heterocycles. The molecule has 1 unspecified atom stereocenters. The van der Waals surface area contributed by atoms with Gasteiger partial charge in [-0.15, -0.1) is 0 Å². The van der Waals surface area contributed by atoms with Crippen molar-refractivity contribution in [2.45, 2.75) is 44.6 Å². The summed E-state index contributed by atoms with van der Waals surface area (Å²) in [5.74, 6) is 2.08. The SMILES string of the molecule is COc1cc(OC)c(C2=CCN(C(=O)C3CC(=O)N(C4CCCC4)C3)CC2)c(OC)c1. The standard InChI is InChI=1S/C24H32N2O5/c1-29-19-13-20(30-2)23(21(14-19)31-3)16-8-10-25(11-9-16)24(28)17-12-22(27)26(15-17)18-6-4-5-7-18/h8,13-14,17-18H,4-7,9-12,15H2,1-3H3. The lowest BCUT2D eigenvalue weighted by molar-refractivity contribution is -0.135. The van der Waals surface area contributed by atoms with Crippen molar-refractivity contribution in [3.63, 3.8) is 0 Å². The Kier molecular flexibility index (Phi) is 6.39. The fraction of sp³-hybridized carbons (Fsp3) is 0.583. The average Bonchev–Trinajstić information content (AvgIpc) is 3.47. The lowest BCUT2D eigenvalue weighted by Crippen LogP contribution is -2.41. The Bertz CT molecular complexity index is 850. The second-order valence-electron chi connectivity index (χ2n) is 8.56. The topological polar surface area (TPSA) is 68.3 Å². The Morgan fingerprint density at radius 3 is 2.26 bits per heavy atom. The van der Waals surface area contributed by atoms with E-state index >= 15 is 0 Å². The van der Waals surface area contributed by atoms with Crippen LogP contribution in [0.2, 0.25) is 0 Å². The van der Waals surface area contributed by atoms with Crippen LogP contribution >= 0.6 is 0 Å². The summed E-state index contributed by atoms with van der Waals surface area (Å²) in [6, 6.07) is 4.03. The van der Waals surface area contributed by atoms with E-state index in [-0.39, 0.29) is 17.7 Å². The highest BCUT2D eigenvalue weighted by atomic mass is 16.5. The van der Waals surface area contributed by atoms with Gasteiger partial charge in [-0.3, -0.25) is 9.59 Å². The van der Waals surface area contributed by atoms with Crippen LogP contribution in [0.15, 0.2) is 18.2 Å². The van der Waals surface area contributed by atoms with E-state index < -0.39 is 0 Å². The molecule has 1 aromatic rings. The van der Waals surface area contributed by atoms with Crippen LogP contribution < -0.4 is 14.2 Å². The molecular formula is C24H32N2O5. The molecule has 4 rings (SSSR count). The summed E-state index contributed by atoms with van der Waals surface area (Å²) in [4.78, 5) is 29.5. The first-order valence-electron chi connectivity index (χ1n) is 11.1. The molecule has 0 N–H and O–H groups in total. The third-order valence-electron chi connectivity index (χ3n) is 6.83. The van der Waals surface area contributed by atoms with E-state index in [1.165, 1.54) is 12.8 Å². The van der Waals surface area contributed by atoms with Crippen molar-refractivity contribution in [3.8, 4) is 17.2 Å². The van der Waals surface area contributed by atoms with Crippen LogP contribution in [0.25, 0.3) is 5.57 Å². The van der Waals surface area contributed by atoms with Gasteiger partial charge in [0.25, 0.3) is 0 Å². The van der Waals surface area contributed by atoms with E-state index in [0.717, 1.165) is 24.0 Å². The number of ether oxygens (including phenoxy) is 3. The van der Waals surface area contributed by atoms with E-state index in [1.54, 1.807) is 21.3 Å². The van der Waals surface area contributed by atoms with Crippen LogP contribution in [0.5, 0.6) is 17.2 Å². The minimum absolute atomic E-state index is 0.0952. The molecule has 0 bridgehead atoms. The third-order valence-corrected chi connectivity index (χ3v) is 6.83. The maximum atomic E-state index is 13.1. The summed E-state index contributed by atoms with van der Waals surface area (Å²) in [5.41, 5.74) is 2.00. The van der Waals surface area contributed by atoms with Crippen molar-refractivity contribution in [2.75, 3.05) is 41.0 Å². The average molecular weight is 429 g/mol. The Balaban J connectivity index is 1.46. The van der Waals surface area contributed by atoms with Gasteiger partial charge in [-0.25, -0.2) is 0 Å². The number of hydrogen-bond acceptors (Lipinski definition) is 5. The summed E-state index contributed by atoms with van der Waals surface area (Å²) < 4.78 is 16.5. The predicted octanol–water partition coefficient (Wildman–Crippen LogP) is 3.12. The van der Waals surface area contributed by atoms with Crippen molar-refractivity contribution in [1.29, 1.82) is 0 Å². The van der Waals surface area contributed by atoms with E-state index in [9.17, 15) is 9.59 Å². The monoisotopic (exact) mass is 428 g/mol. The summed E-state index contributed by atoms with van der Waals surface area (Å²) >= 11 is 0. The molecule has 0 radical (unpaired) electrons. The van der Waals surface area contributed by atoms with Crippen LogP contribution in [0.4, 0.5) is 0 Å². The van der Waals surface area contributed by atoms with Gasteiger partial charge in [0.2, 0.25) is 11.8 Å². The molecule has 2 aliphatic heterocycles. The van der Waals surface area contributed by atoms with Gasteiger partial charge in [-0.2, -0.15) is 0 Å². The molecule has 2 heterocycles. The number of carbonyl (C=O) groups is 2. The van der Waals surface area contributed by atoms with Crippen LogP contribution in [-0.4, -0.2) is 68.6 Å². The van der Waals surface area contributed by atoms with Gasteiger partial charge in [0, 0.05) is 44.2 Å². The van der Waals surface area contributed by atoms with Gasteiger partial charge in [0.05, 0.1) is 32.8 Å². The van der Waals surface area contributed by atoms with Crippen molar-refractivity contribution in [2.24, 2.45) is 5.92 Å². The zero-order valence-corrected chi connectivity index (χ0v) is 18.7. The molecule has 1 aliphatic carbocycles. The van der Waals surface area contributed by atoms with Crippen molar-refractivity contribution in [3.05, 3.63) is 23.8 Å². The molecule has 2 fully saturated rings. The molecule has 168 valence electrons. The molecule has 2 amide bonds. The van der Waals surface area contributed by atoms with Gasteiger partial charge in [0.1, 0.15) is 17.2 Å². The van der Waals surface area contributed by atoms with Gasteiger partial charge >= 0.3 is 0 Å². The molecule has 3 aliphatic rings. The number of methoxy groups -OCH3 is 3. The van der Waals surface area contributed by atoms with Crippen molar-refractivity contribution in [1.82, 2.24) is 9.80 Å². The summed E-state index contributed by atoms with van der Waals surface area (Å²) in [6.45, 7) is 1.73. The molecule has 1 atom stereocenters. The fourth-order valence-electron chi connectivity index (χ4n) is 5.14. The van der Waals surface area contributed by atoms with Crippen LogP contribution in [0.1, 0.15) is 44.1 Å². The second kappa shape index (κ2) is 9.20. The Morgan fingerprint density at radius 2 is 1.71 bits per heavy atom. The highest BCUT2D eigenvalue weighted by Crippen LogP contribution is 2.41. The van der Waals surface area contributed by atoms with E-state index in [1.807, 2.05) is 21.9 Å². The molecule has 7 nitrogen and oxygen atoms in total. The maximum absolute atomic E-state index is 13.1. The van der Waals surface area contributed by atoms with Crippen LogP contribution in [0, 0.1) is 5.92 Å². The lowest BCUT2D eigenvalue weighted by atomic mass is 9.96. The minimum atomic E-state index is -0.215. The number of hydrogen-bond donors (Lipinski definition) is 0. The van der Waals surface area contributed by atoms with Gasteiger partial charge in [-0.05, 0) is 24.8 Å². The second-order valence-corrected chi connectivity index (χ2v) is 8.56. The Hall–Kier alpha value is -2.70. The molecule has 7 heteroatoms. The number of carbonyl (C=O) groups excluding carboxylic acids is 2. The normalized spacial score (nSPS) is 22.0. The largest absolute Gasteiger partial charge is 0.496 e. The highest BCUT2D eigenvalue weighted by molar-refractivity contribution is 5.90. The molecule has 1 saturated heterocycles. The number of nitrogens with zero attached hydrogens (tertiary/aromatic N) is 2. The minimum Gasteiger partial charge on any atom is -0.496 e. The Morgan fingerprint density at radius 1 is 1.03 bits per heavy atom. The third kappa shape index (κ3) is 4.23. The molecule has 1 aromatic carbocycles. The van der Waals surface area contributed by atoms with Gasteiger partial charge < -0.3 is 24.0 Å². The predicted molar refractivity (Wildman–Crippen MR) is 117 cm³/mol. The van der Waals surface area contributed by atoms with Gasteiger partial charge in [0.15, 0.2) is 0 Å². The maximum Gasteiger partial charge on any atom is 0.228 e. The summed E-state index contributed by atoms with van der Waals surface area (Å²) in [6.07, 6.45) is 7.65. The number of amides is 2. The van der Waals surface area contributed by atoms with E-state index in [0.29, 0.717) is 55.8 Å². The summed E-state index contributed by atoms with van der Waals surface area (Å²) in [7, 11) is 4.87. The van der Waals surface area contributed by atoms with Crippen molar-refractivity contribution < 1.29 is 23.8 Å². The zero-order valence-electron chi connectivity index (χ0n) is 18.7. The molecule has 31 heavy (non-hydrogen) atoms. The molecule has 1 saturated carbocycles. The lowest BCUT2D eigenvalue weighted by Gasteiger charge is -2.30. The van der Waals surface area contributed by atoms with Gasteiger partial charge in [-0.1, -0.05) is 18.9 Å². The molecule has 0 spiro atoms. The Labute approximate surface area is 183 Å². The number of likely N-dealkylation sites (tertiary alicyclic amines) is 1. The number of rotatable bonds is 6. The molecular weight excluding hydrogens is 396 g/mol. The summed E-state index contributed by atoms with van der Waals surface area (Å²) in [5, 5.41) is 0. The first-order chi connectivity index (χ1) is 15.0. The first kappa shape index (κ1) is 21.5. The van der Waals surface area contributed by atoms with Crippen molar-refractivity contribution >= 4 is 17.4 Å². The highest BCUT2D eigenvalue weighted by Gasteiger charge is 2.40. The zero-order chi connectivity index (χ0) is 22.0. The quantitative estimate of drug-likeness (QED) is 0.696. The van der Waals surface area contributed by atoms with E-state index in [2.05, 4.69) is 6.08 Å². The van der Waals surface area contributed by atoms with Crippen LogP contribution in [0.3, 0.4) is 0 Å². The number of benzene rings is 1. The fourth-order valence-corrected chi connectivity index (χ4v) is 5.14. The smallest absolute Gasteiger partial charge is 0.228 e.